The highest BCUT2D eigenvalue weighted by Gasteiger charge is 2.18. The Morgan fingerprint density at radius 3 is 2.41 bits per heavy atom. The monoisotopic (exact) mass is 300 g/mol. The lowest BCUT2D eigenvalue weighted by Crippen LogP contribution is -2.30. The summed E-state index contributed by atoms with van der Waals surface area (Å²) in [6.45, 7) is 7.69. The van der Waals surface area contributed by atoms with Crippen LogP contribution < -0.4 is 5.56 Å². The third-order valence-corrected chi connectivity index (χ3v) is 3.85. The molecule has 1 aromatic heterocycles. The summed E-state index contributed by atoms with van der Waals surface area (Å²) in [6.07, 6.45) is 0. The second kappa shape index (κ2) is 6.13. The van der Waals surface area contributed by atoms with Crippen molar-refractivity contribution in [2.45, 2.75) is 33.7 Å². The molecule has 1 heterocycles. The van der Waals surface area contributed by atoms with Gasteiger partial charge >= 0.3 is 5.97 Å². The molecule has 22 heavy (non-hydrogen) atoms. The van der Waals surface area contributed by atoms with Crippen LogP contribution in [0.5, 0.6) is 0 Å². The number of carbonyl (C=O) groups excluding carboxylic acids is 1. The molecule has 1 aromatic carbocycles. The molecule has 1 atom stereocenters. The van der Waals surface area contributed by atoms with Crippen LogP contribution >= 0.6 is 0 Å². The maximum absolute atomic E-state index is 12.0. The summed E-state index contributed by atoms with van der Waals surface area (Å²) < 4.78 is 5.85. The highest BCUT2D eigenvalue weighted by Crippen LogP contribution is 2.24. The topological polar surface area (TPSA) is 61.2 Å². The molecule has 0 fully saturated rings. The fourth-order valence-electron chi connectivity index (χ4n) is 2.35. The number of hydrogen-bond acceptors (Lipinski definition) is 4. The van der Waals surface area contributed by atoms with E-state index in [1.807, 2.05) is 19.9 Å². The average molecular weight is 300 g/mol. The highest BCUT2D eigenvalue weighted by atomic mass is 16.5. The molecule has 0 amide bonds. The minimum atomic E-state index is -0.760. The third kappa shape index (κ3) is 2.93. The van der Waals surface area contributed by atoms with Crippen molar-refractivity contribution in [3.05, 3.63) is 51.3 Å². The molecule has 0 aliphatic heterocycles. The summed E-state index contributed by atoms with van der Waals surface area (Å²) in [5, 5.41) is 4.35. The minimum absolute atomic E-state index is 0.330. The number of esters is 1. The quantitative estimate of drug-likeness (QED) is 0.817. The smallest absolute Gasteiger partial charge is 0.330 e. The molecule has 0 saturated carbocycles. The predicted molar refractivity (Wildman–Crippen MR) is 84.9 cm³/mol. The van der Waals surface area contributed by atoms with Crippen LogP contribution in [0, 0.1) is 20.8 Å². The zero-order chi connectivity index (χ0) is 16.4. The fraction of sp³-hybridized carbons (Fsp3) is 0.353. The van der Waals surface area contributed by atoms with Crippen molar-refractivity contribution < 1.29 is 9.53 Å². The standard InChI is InChI=1S/C17H20N2O3/c1-10-8-12(3)14(9-11(10)2)15-6-7-16(20)19(18-15)13(4)17(21)22-5/h6-9,13H,1-5H3/t13-/m0/s1. The van der Waals surface area contributed by atoms with Gasteiger partial charge in [-0.05, 0) is 56.5 Å². The maximum atomic E-state index is 12.0. The van der Waals surface area contributed by atoms with E-state index >= 15 is 0 Å². The number of rotatable bonds is 3. The molecule has 2 aromatic rings. The number of aromatic nitrogens is 2. The highest BCUT2D eigenvalue weighted by molar-refractivity contribution is 5.73. The second-order valence-corrected chi connectivity index (χ2v) is 5.45. The lowest BCUT2D eigenvalue weighted by Gasteiger charge is -2.14. The summed E-state index contributed by atoms with van der Waals surface area (Å²) in [4.78, 5) is 23.6. The maximum Gasteiger partial charge on any atom is 0.330 e. The lowest BCUT2D eigenvalue weighted by atomic mass is 9.99. The number of carbonyl (C=O) groups is 1. The van der Waals surface area contributed by atoms with Crippen LogP contribution in [0.1, 0.15) is 29.7 Å². The Labute approximate surface area is 129 Å². The van der Waals surface area contributed by atoms with E-state index in [9.17, 15) is 9.59 Å². The molecular formula is C17H20N2O3. The van der Waals surface area contributed by atoms with Crippen molar-refractivity contribution in [1.82, 2.24) is 9.78 Å². The van der Waals surface area contributed by atoms with Crippen LogP contribution in [-0.4, -0.2) is 22.9 Å². The number of benzene rings is 1. The van der Waals surface area contributed by atoms with Gasteiger partial charge in [0, 0.05) is 11.6 Å². The zero-order valence-electron chi connectivity index (χ0n) is 13.5. The number of ether oxygens (including phenoxy) is 1. The summed E-state index contributed by atoms with van der Waals surface area (Å²) >= 11 is 0. The van der Waals surface area contributed by atoms with Crippen molar-refractivity contribution in [2.24, 2.45) is 0 Å². The Hall–Kier alpha value is -2.43. The van der Waals surface area contributed by atoms with Crippen LogP contribution in [0.4, 0.5) is 0 Å². The summed E-state index contributed by atoms with van der Waals surface area (Å²) in [5.74, 6) is -0.497. The molecule has 0 N–H and O–H groups in total. The molecular weight excluding hydrogens is 280 g/mol. The van der Waals surface area contributed by atoms with Crippen LogP contribution in [0.3, 0.4) is 0 Å². The number of methoxy groups -OCH3 is 1. The summed E-state index contributed by atoms with van der Waals surface area (Å²) in [7, 11) is 1.29. The van der Waals surface area contributed by atoms with E-state index in [1.54, 1.807) is 13.0 Å². The normalized spacial score (nSPS) is 12.0. The van der Waals surface area contributed by atoms with Gasteiger partial charge < -0.3 is 4.74 Å². The first kappa shape index (κ1) is 15.9. The van der Waals surface area contributed by atoms with Crippen molar-refractivity contribution in [1.29, 1.82) is 0 Å². The van der Waals surface area contributed by atoms with Crippen molar-refractivity contribution in [2.75, 3.05) is 7.11 Å². The van der Waals surface area contributed by atoms with Crippen LogP contribution in [-0.2, 0) is 9.53 Å². The van der Waals surface area contributed by atoms with Gasteiger partial charge in [0.25, 0.3) is 5.56 Å². The number of aryl methyl sites for hydroxylation is 3. The number of nitrogens with zero attached hydrogens (tertiary/aromatic N) is 2. The SMILES string of the molecule is COC(=O)[C@H](C)n1nc(-c2cc(C)c(C)cc2C)ccc1=O. The van der Waals surface area contributed by atoms with E-state index in [1.165, 1.54) is 18.7 Å². The van der Waals surface area contributed by atoms with E-state index in [0.29, 0.717) is 5.69 Å². The van der Waals surface area contributed by atoms with Crippen LogP contribution in [0.15, 0.2) is 29.1 Å². The largest absolute Gasteiger partial charge is 0.467 e. The van der Waals surface area contributed by atoms with E-state index in [-0.39, 0.29) is 5.56 Å². The van der Waals surface area contributed by atoms with Gasteiger partial charge in [0.1, 0.15) is 0 Å². The third-order valence-electron chi connectivity index (χ3n) is 3.85. The van der Waals surface area contributed by atoms with Gasteiger partial charge in [-0.15, -0.1) is 0 Å². The van der Waals surface area contributed by atoms with Gasteiger partial charge in [0.05, 0.1) is 12.8 Å². The summed E-state index contributed by atoms with van der Waals surface area (Å²) in [5.41, 5.74) is 4.72. The molecule has 5 nitrogen and oxygen atoms in total. The van der Waals surface area contributed by atoms with Crippen LogP contribution in [0.2, 0.25) is 0 Å². The number of hydrogen-bond donors (Lipinski definition) is 0. The van der Waals surface area contributed by atoms with Gasteiger partial charge in [-0.25, -0.2) is 9.48 Å². The van der Waals surface area contributed by atoms with E-state index in [0.717, 1.165) is 21.4 Å². The molecule has 2 rings (SSSR count). The Morgan fingerprint density at radius 2 is 1.77 bits per heavy atom. The van der Waals surface area contributed by atoms with Gasteiger partial charge in [-0.2, -0.15) is 5.10 Å². The van der Waals surface area contributed by atoms with E-state index in [4.69, 9.17) is 0 Å². The molecule has 0 radical (unpaired) electrons. The minimum Gasteiger partial charge on any atom is -0.467 e. The molecule has 5 heteroatoms. The van der Waals surface area contributed by atoms with Crippen molar-refractivity contribution >= 4 is 5.97 Å². The van der Waals surface area contributed by atoms with Gasteiger partial charge in [-0.3, -0.25) is 4.79 Å². The van der Waals surface area contributed by atoms with Gasteiger partial charge in [0.2, 0.25) is 0 Å². The molecule has 0 bridgehead atoms. The van der Waals surface area contributed by atoms with E-state index in [2.05, 4.69) is 22.8 Å². The summed E-state index contributed by atoms with van der Waals surface area (Å²) in [6, 6.07) is 6.48. The fourth-order valence-corrected chi connectivity index (χ4v) is 2.35. The first-order valence-electron chi connectivity index (χ1n) is 7.11. The Bertz CT molecular complexity index is 778. The Kier molecular flexibility index (Phi) is 4.45. The Morgan fingerprint density at radius 1 is 1.14 bits per heavy atom. The van der Waals surface area contributed by atoms with Gasteiger partial charge in [0.15, 0.2) is 6.04 Å². The predicted octanol–water partition coefficient (Wildman–Crippen LogP) is 2.57. The molecule has 0 aliphatic rings. The molecule has 0 spiro atoms. The first-order valence-corrected chi connectivity index (χ1v) is 7.11. The van der Waals surface area contributed by atoms with Gasteiger partial charge in [-0.1, -0.05) is 6.07 Å². The molecule has 0 unspecified atom stereocenters. The van der Waals surface area contributed by atoms with Crippen molar-refractivity contribution in [3.8, 4) is 11.3 Å². The molecule has 0 saturated heterocycles. The average Bonchev–Trinajstić information content (AvgIpc) is 2.50. The Balaban J connectivity index is 2.57. The second-order valence-electron chi connectivity index (χ2n) is 5.45. The van der Waals surface area contributed by atoms with Crippen LogP contribution in [0.25, 0.3) is 11.3 Å². The van der Waals surface area contributed by atoms with Crippen molar-refractivity contribution in [3.63, 3.8) is 0 Å². The zero-order valence-corrected chi connectivity index (χ0v) is 13.5. The molecule has 0 aliphatic carbocycles. The molecule has 116 valence electrons. The first-order chi connectivity index (χ1) is 10.3. The lowest BCUT2D eigenvalue weighted by molar-refractivity contribution is -0.144. The van der Waals surface area contributed by atoms with E-state index < -0.39 is 12.0 Å².